The minimum atomic E-state index is -0.298. The largest absolute Gasteiger partial charge is 0.391 e. The molecule has 1 aliphatic heterocycles. The van der Waals surface area contributed by atoms with Crippen LogP contribution in [0.25, 0.3) is 16.9 Å². The summed E-state index contributed by atoms with van der Waals surface area (Å²) in [5.74, 6) is 0.834. The SMILES string of the molecule is OC1CCCN(c2c3c(nc4cc(-c5ccc(F)cc5)nn24)CCCC3)C1. The number of piperidine rings is 1. The van der Waals surface area contributed by atoms with Crippen molar-refractivity contribution in [2.24, 2.45) is 0 Å². The molecule has 3 aromatic rings. The van der Waals surface area contributed by atoms with E-state index in [4.69, 9.17) is 10.1 Å². The molecule has 1 fully saturated rings. The van der Waals surface area contributed by atoms with Crippen molar-refractivity contribution >= 4 is 11.5 Å². The second-order valence-corrected chi connectivity index (χ2v) is 7.62. The van der Waals surface area contributed by atoms with Gasteiger partial charge in [-0.15, -0.1) is 0 Å². The van der Waals surface area contributed by atoms with E-state index in [0.717, 1.165) is 73.5 Å². The van der Waals surface area contributed by atoms with Gasteiger partial charge in [-0.25, -0.2) is 9.37 Å². The lowest BCUT2D eigenvalue weighted by Gasteiger charge is -2.34. The molecule has 1 aliphatic carbocycles. The number of aliphatic hydroxyl groups is 1. The first-order valence-corrected chi connectivity index (χ1v) is 9.79. The molecule has 2 aliphatic rings. The van der Waals surface area contributed by atoms with Crippen molar-refractivity contribution in [1.29, 1.82) is 0 Å². The number of fused-ring (bicyclic) bond motifs is 2. The summed E-state index contributed by atoms with van der Waals surface area (Å²) in [6.07, 6.45) is 5.86. The standard InChI is InChI=1S/C21H23FN4O/c22-15-9-7-14(8-10-15)19-12-20-23-18-6-2-1-5-17(18)21(26(20)24-19)25-11-3-4-16(27)13-25/h7-10,12,16,27H,1-6,11,13H2. The van der Waals surface area contributed by atoms with Crippen LogP contribution in [-0.4, -0.2) is 38.9 Å². The maximum Gasteiger partial charge on any atom is 0.158 e. The number of hydrogen-bond donors (Lipinski definition) is 1. The van der Waals surface area contributed by atoms with Crippen LogP contribution in [0.5, 0.6) is 0 Å². The highest BCUT2D eigenvalue weighted by Gasteiger charge is 2.27. The predicted octanol–water partition coefficient (Wildman–Crippen LogP) is 3.38. The molecule has 6 heteroatoms. The Labute approximate surface area is 157 Å². The Morgan fingerprint density at radius 2 is 1.89 bits per heavy atom. The van der Waals surface area contributed by atoms with Gasteiger partial charge in [0.25, 0.3) is 0 Å². The highest BCUT2D eigenvalue weighted by molar-refractivity contribution is 5.67. The third kappa shape index (κ3) is 2.98. The van der Waals surface area contributed by atoms with E-state index < -0.39 is 0 Å². The Kier molecular flexibility index (Phi) is 4.08. The van der Waals surface area contributed by atoms with Crippen LogP contribution in [-0.2, 0) is 12.8 Å². The van der Waals surface area contributed by atoms with Crippen molar-refractivity contribution in [2.75, 3.05) is 18.0 Å². The number of β-amino-alcohol motifs (C(OH)–C–C–N with tert-alkyl or cyclic N) is 1. The summed E-state index contributed by atoms with van der Waals surface area (Å²) in [4.78, 5) is 7.16. The summed E-state index contributed by atoms with van der Waals surface area (Å²) in [6.45, 7) is 1.56. The average molecular weight is 366 g/mol. The molecule has 3 heterocycles. The number of aryl methyl sites for hydroxylation is 1. The van der Waals surface area contributed by atoms with Crippen LogP contribution in [0.2, 0.25) is 0 Å². The monoisotopic (exact) mass is 366 g/mol. The van der Waals surface area contributed by atoms with E-state index in [1.807, 2.05) is 10.6 Å². The molecule has 1 saturated heterocycles. The highest BCUT2D eigenvalue weighted by Crippen LogP contribution is 2.33. The number of aliphatic hydroxyl groups excluding tert-OH is 1. The number of rotatable bonds is 2. The number of halogens is 1. The van der Waals surface area contributed by atoms with Crippen molar-refractivity contribution in [3.63, 3.8) is 0 Å². The fourth-order valence-corrected chi connectivity index (χ4v) is 4.36. The molecule has 5 rings (SSSR count). The Morgan fingerprint density at radius 1 is 1.07 bits per heavy atom. The normalized spacial score (nSPS) is 20.1. The van der Waals surface area contributed by atoms with Gasteiger partial charge in [0.1, 0.15) is 11.6 Å². The minimum absolute atomic E-state index is 0.251. The fraction of sp³-hybridized carbons (Fsp3) is 0.429. The van der Waals surface area contributed by atoms with E-state index in [9.17, 15) is 9.50 Å². The smallest absolute Gasteiger partial charge is 0.158 e. The third-order valence-electron chi connectivity index (χ3n) is 5.69. The van der Waals surface area contributed by atoms with Crippen molar-refractivity contribution in [3.8, 4) is 11.3 Å². The van der Waals surface area contributed by atoms with Crippen LogP contribution in [0.3, 0.4) is 0 Å². The Balaban J connectivity index is 1.68. The second kappa shape index (κ2) is 6.60. The zero-order valence-corrected chi connectivity index (χ0v) is 15.2. The quantitative estimate of drug-likeness (QED) is 0.756. The molecular formula is C21H23FN4O. The number of benzene rings is 1. The van der Waals surface area contributed by atoms with Gasteiger partial charge in [0, 0.05) is 36.0 Å². The lowest BCUT2D eigenvalue weighted by molar-refractivity contribution is 0.153. The summed E-state index contributed by atoms with van der Waals surface area (Å²) in [6, 6.07) is 8.40. The van der Waals surface area contributed by atoms with Crippen LogP contribution < -0.4 is 4.90 Å². The van der Waals surface area contributed by atoms with Gasteiger partial charge < -0.3 is 10.0 Å². The number of aromatic nitrogens is 3. The number of hydrogen-bond acceptors (Lipinski definition) is 4. The molecule has 1 atom stereocenters. The average Bonchev–Trinajstić information content (AvgIpc) is 3.10. The van der Waals surface area contributed by atoms with E-state index in [1.165, 1.54) is 17.7 Å². The van der Waals surface area contributed by atoms with Crippen LogP contribution >= 0.6 is 0 Å². The number of anilines is 1. The predicted molar refractivity (Wildman–Crippen MR) is 102 cm³/mol. The zero-order chi connectivity index (χ0) is 18.4. The Bertz CT molecular complexity index is 982. The Morgan fingerprint density at radius 3 is 2.70 bits per heavy atom. The van der Waals surface area contributed by atoms with Gasteiger partial charge in [0.2, 0.25) is 0 Å². The van der Waals surface area contributed by atoms with Gasteiger partial charge in [0.15, 0.2) is 5.65 Å². The maximum atomic E-state index is 13.3. The lowest BCUT2D eigenvalue weighted by atomic mass is 9.95. The molecule has 2 aromatic heterocycles. The van der Waals surface area contributed by atoms with Gasteiger partial charge in [-0.05, 0) is 62.8 Å². The molecular weight excluding hydrogens is 343 g/mol. The van der Waals surface area contributed by atoms with E-state index in [0.29, 0.717) is 6.54 Å². The van der Waals surface area contributed by atoms with Gasteiger partial charge in [-0.1, -0.05) is 0 Å². The van der Waals surface area contributed by atoms with E-state index in [2.05, 4.69) is 4.90 Å². The molecule has 5 nitrogen and oxygen atoms in total. The summed E-state index contributed by atoms with van der Waals surface area (Å²) in [5, 5.41) is 15.0. The van der Waals surface area contributed by atoms with Crippen molar-refractivity contribution in [1.82, 2.24) is 14.6 Å². The molecule has 0 radical (unpaired) electrons. The van der Waals surface area contributed by atoms with Gasteiger partial charge >= 0.3 is 0 Å². The highest BCUT2D eigenvalue weighted by atomic mass is 19.1. The first-order valence-electron chi connectivity index (χ1n) is 9.79. The van der Waals surface area contributed by atoms with Gasteiger partial charge in [-0.3, -0.25) is 0 Å². The Hall–Kier alpha value is -2.47. The first-order chi connectivity index (χ1) is 13.2. The molecule has 1 aromatic carbocycles. The number of nitrogens with zero attached hydrogens (tertiary/aromatic N) is 4. The van der Waals surface area contributed by atoms with Crippen LogP contribution in [0.4, 0.5) is 10.2 Å². The molecule has 140 valence electrons. The molecule has 1 unspecified atom stereocenters. The zero-order valence-electron chi connectivity index (χ0n) is 15.2. The summed E-state index contributed by atoms with van der Waals surface area (Å²) in [7, 11) is 0. The van der Waals surface area contributed by atoms with Crippen molar-refractivity contribution < 1.29 is 9.50 Å². The minimum Gasteiger partial charge on any atom is -0.391 e. The first kappa shape index (κ1) is 16.7. The third-order valence-corrected chi connectivity index (χ3v) is 5.69. The molecule has 0 amide bonds. The summed E-state index contributed by atoms with van der Waals surface area (Å²) >= 11 is 0. The van der Waals surface area contributed by atoms with E-state index in [1.54, 1.807) is 12.1 Å². The lowest BCUT2D eigenvalue weighted by Crippen LogP contribution is -2.40. The maximum absolute atomic E-state index is 13.3. The van der Waals surface area contributed by atoms with Crippen molar-refractivity contribution in [3.05, 3.63) is 47.4 Å². The topological polar surface area (TPSA) is 53.7 Å². The molecule has 1 N–H and O–H groups in total. The van der Waals surface area contributed by atoms with Gasteiger partial charge in [-0.2, -0.15) is 9.61 Å². The summed E-state index contributed by atoms with van der Waals surface area (Å²) < 4.78 is 15.2. The van der Waals surface area contributed by atoms with E-state index in [-0.39, 0.29) is 11.9 Å². The fourth-order valence-electron chi connectivity index (χ4n) is 4.36. The second-order valence-electron chi connectivity index (χ2n) is 7.62. The molecule has 0 spiro atoms. The van der Waals surface area contributed by atoms with Crippen molar-refractivity contribution in [2.45, 2.75) is 44.6 Å². The summed E-state index contributed by atoms with van der Waals surface area (Å²) in [5.41, 5.74) is 4.93. The molecule has 27 heavy (non-hydrogen) atoms. The van der Waals surface area contributed by atoms with Crippen LogP contribution in [0.15, 0.2) is 30.3 Å². The van der Waals surface area contributed by atoms with E-state index >= 15 is 0 Å². The van der Waals surface area contributed by atoms with Crippen LogP contribution in [0.1, 0.15) is 36.9 Å². The molecule has 0 saturated carbocycles. The van der Waals surface area contributed by atoms with Gasteiger partial charge in [0.05, 0.1) is 11.8 Å². The molecule has 0 bridgehead atoms. The van der Waals surface area contributed by atoms with Crippen LogP contribution in [0, 0.1) is 5.82 Å².